The van der Waals surface area contributed by atoms with E-state index < -0.39 is 11.6 Å². The van der Waals surface area contributed by atoms with Crippen LogP contribution in [-0.2, 0) is 11.2 Å². The van der Waals surface area contributed by atoms with Crippen LogP contribution in [0.2, 0.25) is 0 Å². The number of carbonyl (C=O) groups is 1. The van der Waals surface area contributed by atoms with E-state index in [1.165, 1.54) is 12.1 Å². The minimum absolute atomic E-state index is 0.0308. The van der Waals surface area contributed by atoms with Gasteiger partial charge in [0, 0.05) is 12.6 Å². The van der Waals surface area contributed by atoms with E-state index in [9.17, 15) is 13.6 Å². The van der Waals surface area contributed by atoms with Crippen molar-refractivity contribution in [3.8, 4) is 11.1 Å². The number of piperidine rings is 3. The molecule has 0 saturated carbocycles. The highest BCUT2D eigenvalue weighted by Crippen LogP contribution is 2.46. The maximum Gasteiger partial charge on any atom is 0.407 e. The Kier molecular flexibility index (Phi) is 5.00. The number of fused-ring (bicyclic) bond motifs is 4. The summed E-state index contributed by atoms with van der Waals surface area (Å²) in [4.78, 5) is 15.1. The fraction of sp³-hybridized carbons (Fsp3) is 0.480. The zero-order valence-corrected chi connectivity index (χ0v) is 18.0. The summed E-state index contributed by atoms with van der Waals surface area (Å²) in [6.45, 7) is 7.28. The molecule has 0 radical (unpaired) electrons. The van der Waals surface area contributed by atoms with Crippen molar-refractivity contribution in [3.63, 3.8) is 0 Å². The van der Waals surface area contributed by atoms with E-state index in [0.29, 0.717) is 11.5 Å². The second-order valence-corrected chi connectivity index (χ2v) is 9.90. The summed E-state index contributed by atoms with van der Waals surface area (Å²) in [5.74, 6) is -0.717. The Hall–Kier alpha value is -2.47. The molecule has 3 saturated heterocycles. The molecule has 6 rings (SSSR count). The highest BCUT2D eigenvalue weighted by atomic mass is 19.1. The average Bonchev–Trinajstić information content (AvgIpc) is 2.97. The van der Waals surface area contributed by atoms with Crippen LogP contribution in [0.25, 0.3) is 11.1 Å². The van der Waals surface area contributed by atoms with Crippen molar-refractivity contribution < 1.29 is 18.3 Å². The van der Waals surface area contributed by atoms with Crippen molar-refractivity contribution in [2.24, 2.45) is 11.3 Å². The standard InChI is InChI=1S/C25H28F2N2O2/c1-25(2)13-18-9-16(17-10-19(26)12-20(27)11-17)3-4-21(18)23(25)28-24(30)31-22-14-29-7-5-15(22)6-8-29/h3-4,9-12,15,22-23H,5-8,13-14H2,1-2H3,(H,28,30)/t22-,23?/m1/s1. The highest BCUT2D eigenvalue weighted by molar-refractivity contribution is 5.70. The number of nitrogens with zero attached hydrogens (tertiary/aromatic N) is 1. The summed E-state index contributed by atoms with van der Waals surface area (Å²) >= 11 is 0. The molecule has 0 aromatic heterocycles. The van der Waals surface area contributed by atoms with Crippen molar-refractivity contribution in [2.45, 2.75) is 45.3 Å². The molecular weight excluding hydrogens is 398 g/mol. The number of hydrogen-bond donors (Lipinski definition) is 1. The zero-order valence-electron chi connectivity index (χ0n) is 18.0. The lowest BCUT2D eigenvalue weighted by Crippen LogP contribution is -2.53. The molecule has 2 bridgehead atoms. The van der Waals surface area contributed by atoms with Crippen LogP contribution in [0.1, 0.15) is 43.9 Å². The van der Waals surface area contributed by atoms with Gasteiger partial charge < -0.3 is 10.1 Å². The monoisotopic (exact) mass is 426 g/mol. The third kappa shape index (κ3) is 3.93. The molecule has 1 amide bonds. The first-order chi connectivity index (χ1) is 14.8. The summed E-state index contributed by atoms with van der Waals surface area (Å²) in [6, 6.07) is 9.18. The molecule has 3 aliphatic heterocycles. The van der Waals surface area contributed by atoms with E-state index >= 15 is 0 Å². The van der Waals surface area contributed by atoms with Crippen molar-refractivity contribution >= 4 is 6.09 Å². The normalized spacial score (nSPS) is 28.3. The molecule has 31 heavy (non-hydrogen) atoms. The van der Waals surface area contributed by atoms with E-state index in [1.54, 1.807) is 0 Å². The molecule has 164 valence electrons. The van der Waals surface area contributed by atoms with Crippen molar-refractivity contribution in [3.05, 3.63) is 59.2 Å². The van der Waals surface area contributed by atoms with E-state index in [4.69, 9.17) is 4.74 Å². The predicted molar refractivity (Wildman–Crippen MR) is 115 cm³/mol. The van der Waals surface area contributed by atoms with Crippen molar-refractivity contribution in [2.75, 3.05) is 19.6 Å². The van der Waals surface area contributed by atoms with Crippen LogP contribution in [-0.4, -0.2) is 36.7 Å². The number of alkyl carbamates (subject to hydrolysis) is 1. The van der Waals surface area contributed by atoms with Gasteiger partial charge in [0.15, 0.2) is 0 Å². The van der Waals surface area contributed by atoms with E-state index in [0.717, 1.165) is 61.7 Å². The fourth-order valence-corrected chi connectivity index (χ4v) is 5.56. The lowest BCUT2D eigenvalue weighted by Gasteiger charge is -2.44. The lowest BCUT2D eigenvalue weighted by molar-refractivity contribution is -0.0348. The van der Waals surface area contributed by atoms with E-state index in [1.807, 2.05) is 18.2 Å². The molecule has 1 aliphatic carbocycles. The predicted octanol–water partition coefficient (Wildman–Crippen LogP) is 5.08. The Bertz CT molecular complexity index is 994. The molecule has 2 aromatic carbocycles. The molecule has 4 nitrogen and oxygen atoms in total. The third-order valence-electron chi connectivity index (χ3n) is 7.19. The van der Waals surface area contributed by atoms with Crippen molar-refractivity contribution in [1.29, 1.82) is 0 Å². The molecule has 0 spiro atoms. The molecule has 1 unspecified atom stereocenters. The minimum Gasteiger partial charge on any atom is -0.445 e. The summed E-state index contributed by atoms with van der Waals surface area (Å²) in [5.41, 5.74) is 3.21. The van der Waals surface area contributed by atoms with Crippen LogP contribution in [0.3, 0.4) is 0 Å². The van der Waals surface area contributed by atoms with Gasteiger partial charge in [-0.25, -0.2) is 13.6 Å². The first kappa shape index (κ1) is 20.4. The summed E-state index contributed by atoms with van der Waals surface area (Å²) in [5, 5.41) is 3.11. The molecule has 3 heterocycles. The van der Waals surface area contributed by atoms with Gasteiger partial charge in [-0.2, -0.15) is 0 Å². The van der Waals surface area contributed by atoms with Gasteiger partial charge in [0.2, 0.25) is 0 Å². The van der Waals surface area contributed by atoms with Crippen molar-refractivity contribution in [1.82, 2.24) is 10.2 Å². The van der Waals surface area contributed by atoms with Gasteiger partial charge in [0.1, 0.15) is 17.7 Å². The summed E-state index contributed by atoms with van der Waals surface area (Å²) in [6.07, 6.45) is 2.56. The Morgan fingerprint density at radius 3 is 2.42 bits per heavy atom. The van der Waals surface area contributed by atoms with E-state index in [2.05, 4.69) is 24.1 Å². The minimum atomic E-state index is -0.592. The fourth-order valence-electron chi connectivity index (χ4n) is 5.56. The van der Waals surface area contributed by atoms with Gasteiger partial charge in [0.25, 0.3) is 0 Å². The topological polar surface area (TPSA) is 41.6 Å². The number of amides is 1. The van der Waals surface area contributed by atoms with Crippen LogP contribution < -0.4 is 5.32 Å². The Morgan fingerprint density at radius 1 is 1.06 bits per heavy atom. The van der Waals surface area contributed by atoms with Crippen LogP contribution >= 0.6 is 0 Å². The molecular formula is C25H28F2N2O2. The number of rotatable bonds is 3. The Labute approximate surface area is 181 Å². The van der Waals surface area contributed by atoms with Gasteiger partial charge in [-0.1, -0.05) is 32.0 Å². The summed E-state index contributed by atoms with van der Waals surface area (Å²) in [7, 11) is 0. The smallest absolute Gasteiger partial charge is 0.407 e. The second kappa shape index (κ2) is 7.59. The van der Waals surface area contributed by atoms with Gasteiger partial charge in [-0.3, -0.25) is 4.90 Å². The average molecular weight is 427 g/mol. The second-order valence-electron chi connectivity index (χ2n) is 9.90. The number of benzene rings is 2. The van der Waals surface area contributed by atoms with Crippen LogP contribution in [0.5, 0.6) is 0 Å². The quantitative estimate of drug-likeness (QED) is 0.745. The van der Waals surface area contributed by atoms with Gasteiger partial charge >= 0.3 is 6.09 Å². The largest absolute Gasteiger partial charge is 0.445 e. The number of halogens is 2. The molecule has 6 heteroatoms. The molecule has 1 N–H and O–H groups in total. The maximum atomic E-state index is 13.7. The number of hydrogen-bond acceptors (Lipinski definition) is 3. The number of carbonyl (C=O) groups excluding carboxylic acids is 1. The highest BCUT2D eigenvalue weighted by Gasteiger charge is 2.42. The van der Waals surface area contributed by atoms with Crippen LogP contribution in [0, 0.1) is 23.0 Å². The Morgan fingerprint density at radius 2 is 1.77 bits per heavy atom. The van der Waals surface area contributed by atoms with Gasteiger partial charge in [-0.05, 0) is 78.1 Å². The Balaban J connectivity index is 1.34. The van der Waals surface area contributed by atoms with Crippen LogP contribution in [0.4, 0.5) is 13.6 Å². The molecule has 2 aromatic rings. The first-order valence-corrected chi connectivity index (χ1v) is 11.1. The van der Waals surface area contributed by atoms with E-state index in [-0.39, 0.29) is 23.7 Å². The number of nitrogens with one attached hydrogen (secondary N) is 1. The SMILES string of the molecule is CC1(C)Cc2cc(-c3cc(F)cc(F)c3)ccc2C1NC(=O)O[C@@H]1CN2CCC1CC2. The first-order valence-electron chi connectivity index (χ1n) is 11.1. The maximum absolute atomic E-state index is 13.7. The number of ether oxygens (including phenoxy) is 1. The molecule has 2 atom stereocenters. The summed E-state index contributed by atoms with van der Waals surface area (Å²) < 4.78 is 33.2. The molecule has 4 aliphatic rings. The molecule has 3 fully saturated rings. The van der Waals surface area contributed by atoms with Gasteiger partial charge in [0.05, 0.1) is 6.04 Å². The van der Waals surface area contributed by atoms with Gasteiger partial charge in [-0.15, -0.1) is 0 Å². The third-order valence-corrected chi connectivity index (χ3v) is 7.19. The zero-order chi connectivity index (χ0) is 21.8. The lowest BCUT2D eigenvalue weighted by atomic mass is 9.85. The van der Waals surface area contributed by atoms with Crippen LogP contribution in [0.15, 0.2) is 36.4 Å².